The molecule has 1 aliphatic rings. The van der Waals surface area contributed by atoms with Gasteiger partial charge in [0.25, 0.3) is 5.91 Å². The van der Waals surface area contributed by atoms with Crippen molar-refractivity contribution in [1.29, 1.82) is 0 Å². The lowest BCUT2D eigenvalue weighted by Gasteiger charge is -2.26. The number of nitrogens with one attached hydrogen (secondary N) is 1. The maximum Gasteiger partial charge on any atom is 0.393 e. The van der Waals surface area contributed by atoms with Crippen LogP contribution in [0.4, 0.5) is 13.2 Å². The first kappa shape index (κ1) is 18.1. The van der Waals surface area contributed by atoms with E-state index in [4.69, 9.17) is 4.52 Å². The smallest absolute Gasteiger partial charge is 0.355 e. The number of hydrogen-bond acceptors (Lipinski definition) is 6. The van der Waals surface area contributed by atoms with E-state index >= 15 is 0 Å². The van der Waals surface area contributed by atoms with Crippen LogP contribution in [0.15, 0.2) is 35.1 Å². The van der Waals surface area contributed by atoms with Gasteiger partial charge >= 0.3 is 6.18 Å². The van der Waals surface area contributed by atoms with Crippen molar-refractivity contribution in [2.45, 2.75) is 32.1 Å². The van der Waals surface area contributed by atoms with Gasteiger partial charge in [0.2, 0.25) is 0 Å². The highest BCUT2D eigenvalue weighted by Crippen LogP contribution is 2.34. The van der Waals surface area contributed by atoms with Gasteiger partial charge in [-0.1, -0.05) is 5.16 Å². The largest absolute Gasteiger partial charge is 0.393 e. The van der Waals surface area contributed by atoms with Crippen LogP contribution in [0.3, 0.4) is 0 Å². The summed E-state index contributed by atoms with van der Waals surface area (Å²) in [7, 11) is 0. The van der Waals surface area contributed by atoms with Crippen molar-refractivity contribution in [1.82, 2.24) is 30.2 Å². The van der Waals surface area contributed by atoms with Gasteiger partial charge in [0, 0.05) is 37.0 Å². The Hall–Kier alpha value is -3.24. The molecule has 3 aromatic heterocycles. The summed E-state index contributed by atoms with van der Waals surface area (Å²) in [6.45, 7) is -0.308. The molecule has 1 atom stereocenters. The number of carbonyl (C=O) groups excluding carboxylic acids is 1. The first-order chi connectivity index (χ1) is 13.4. The topological polar surface area (TPSA) is 98.7 Å². The van der Waals surface area contributed by atoms with Gasteiger partial charge in [0.15, 0.2) is 17.3 Å². The Balaban J connectivity index is 1.43. The number of fused-ring (bicyclic) bond motifs is 1. The number of alkyl halides is 3. The summed E-state index contributed by atoms with van der Waals surface area (Å²) in [5, 5.41) is 14.1. The number of aromatic nitrogens is 5. The van der Waals surface area contributed by atoms with Crippen molar-refractivity contribution < 1.29 is 22.5 Å². The van der Waals surface area contributed by atoms with E-state index in [-0.39, 0.29) is 37.4 Å². The van der Waals surface area contributed by atoms with E-state index in [1.807, 2.05) is 0 Å². The van der Waals surface area contributed by atoms with Crippen LogP contribution in [0, 0.1) is 5.92 Å². The quantitative estimate of drug-likeness (QED) is 0.732. The normalized spacial score (nSPS) is 16.6. The average Bonchev–Trinajstić information content (AvgIpc) is 3.33. The summed E-state index contributed by atoms with van der Waals surface area (Å²) in [6.07, 6.45) is -0.906. The van der Waals surface area contributed by atoms with Crippen molar-refractivity contribution in [2.24, 2.45) is 5.92 Å². The molecule has 0 saturated heterocycles. The molecule has 0 fully saturated rings. The highest BCUT2D eigenvalue weighted by molar-refractivity contribution is 5.92. The Kier molecular flexibility index (Phi) is 4.57. The summed E-state index contributed by atoms with van der Waals surface area (Å²) in [4.78, 5) is 16.3. The van der Waals surface area contributed by atoms with Crippen LogP contribution in [0.1, 0.15) is 28.6 Å². The fourth-order valence-corrected chi connectivity index (χ4v) is 3.06. The third-order valence-corrected chi connectivity index (χ3v) is 4.58. The number of amides is 1. The lowest BCUT2D eigenvalue weighted by molar-refractivity contribution is -0.182. The Morgan fingerprint density at radius 3 is 2.96 bits per heavy atom. The molecule has 4 heterocycles. The lowest BCUT2D eigenvalue weighted by Crippen LogP contribution is -2.34. The Morgan fingerprint density at radius 1 is 1.36 bits per heavy atom. The van der Waals surface area contributed by atoms with E-state index in [0.29, 0.717) is 17.1 Å². The number of hydrogen-bond donors (Lipinski definition) is 1. The predicted octanol–water partition coefficient (Wildman–Crippen LogP) is 2.38. The molecule has 8 nitrogen and oxygen atoms in total. The average molecular weight is 392 g/mol. The second-order valence-electron chi connectivity index (χ2n) is 6.42. The number of halogens is 3. The third-order valence-electron chi connectivity index (χ3n) is 4.58. The SMILES string of the molecule is O=C(NCc1nnc2n1CC(C(F)(F)F)CC2)c1cc(-c2cccnc2)on1. The summed E-state index contributed by atoms with van der Waals surface area (Å²) in [6, 6.07) is 4.94. The number of aryl methyl sites for hydroxylation is 1. The van der Waals surface area contributed by atoms with Crippen molar-refractivity contribution in [2.75, 3.05) is 0 Å². The van der Waals surface area contributed by atoms with Gasteiger partial charge in [0.1, 0.15) is 5.82 Å². The minimum absolute atomic E-state index is 0.00987. The molecule has 0 aromatic carbocycles. The van der Waals surface area contributed by atoms with E-state index in [0.717, 1.165) is 0 Å². The first-order valence-corrected chi connectivity index (χ1v) is 8.55. The molecule has 1 N–H and O–H groups in total. The monoisotopic (exact) mass is 392 g/mol. The summed E-state index contributed by atoms with van der Waals surface area (Å²) in [5.41, 5.74) is 0.712. The summed E-state index contributed by atoms with van der Waals surface area (Å²) >= 11 is 0. The standard InChI is InChI=1S/C17H15F3N6O2/c18-17(19,20)11-3-4-14-23-24-15(26(14)9-11)8-22-16(27)12-6-13(28-25-12)10-2-1-5-21-7-10/h1-2,5-7,11H,3-4,8-9H2,(H,22,27). The molecule has 1 amide bonds. The second-order valence-corrected chi connectivity index (χ2v) is 6.42. The molecular weight excluding hydrogens is 377 g/mol. The number of rotatable bonds is 4. The fourth-order valence-electron chi connectivity index (χ4n) is 3.06. The van der Waals surface area contributed by atoms with Crippen LogP contribution < -0.4 is 5.32 Å². The van der Waals surface area contributed by atoms with Gasteiger partial charge in [-0.2, -0.15) is 13.2 Å². The van der Waals surface area contributed by atoms with Crippen LogP contribution in [0.5, 0.6) is 0 Å². The maximum atomic E-state index is 13.0. The Morgan fingerprint density at radius 2 is 2.21 bits per heavy atom. The van der Waals surface area contributed by atoms with Gasteiger partial charge in [-0.25, -0.2) is 0 Å². The molecule has 0 spiro atoms. The Labute approximate surface area is 156 Å². The maximum absolute atomic E-state index is 13.0. The summed E-state index contributed by atoms with van der Waals surface area (Å²) in [5.74, 6) is -0.827. The van der Waals surface area contributed by atoms with E-state index in [1.54, 1.807) is 24.5 Å². The zero-order valence-electron chi connectivity index (χ0n) is 14.5. The van der Waals surface area contributed by atoms with Crippen LogP contribution in [-0.2, 0) is 19.5 Å². The third kappa shape index (κ3) is 3.59. The van der Waals surface area contributed by atoms with Gasteiger partial charge in [-0.3, -0.25) is 9.78 Å². The van der Waals surface area contributed by atoms with Gasteiger partial charge in [-0.15, -0.1) is 10.2 Å². The van der Waals surface area contributed by atoms with Gasteiger partial charge < -0.3 is 14.4 Å². The van der Waals surface area contributed by atoms with E-state index < -0.39 is 18.0 Å². The van der Waals surface area contributed by atoms with Crippen molar-refractivity contribution in [3.05, 3.63) is 47.9 Å². The first-order valence-electron chi connectivity index (χ1n) is 8.55. The predicted molar refractivity (Wildman–Crippen MR) is 88.8 cm³/mol. The molecule has 0 radical (unpaired) electrons. The Bertz CT molecular complexity index is 982. The van der Waals surface area contributed by atoms with Gasteiger partial charge in [0.05, 0.1) is 12.5 Å². The van der Waals surface area contributed by atoms with Gasteiger partial charge in [-0.05, 0) is 18.6 Å². The molecule has 4 rings (SSSR count). The van der Waals surface area contributed by atoms with Crippen LogP contribution in [0.25, 0.3) is 11.3 Å². The van der Waals surface area contributed by atoms with Crippen molar-refractivity contribution >= 4 is 5.91 Å². The molecule has 1 aliphatic heterocycles. The second kappa shape index (κ2) is 7.06. The van der Waals surface area contributed by atoms with E-state index in [2.05, 4.69) is 25.7 Å². The molecule has 28 heavy (non-hydrogen) atoms. The van der Waals surface area contributed by atoms with Crippen molar-refractivity contribution in [3.63, 3.8) is 0 Å². The highest BCUT2D eigenvalue weighted by atomic mass is 19.4. The molecule has 0 saturated carbocycles. The molecule has 11 heteroatoms. The molecule has 3 aromatic rings. The van der Waals surface area contributed by atoms with E-state index in [1.165, 1.54) is 10.6 Å². The highest BCUT2D eigenvalue weighted by Gasteiger charge is 2.42. The molecular formula is C17H15F3N6O2. The number of pyridine rings is 1. The number of carbonyl (C=O) groups is 1. The van der Waals surface area contributed by atoms with Crippen LogP contribution in [0.2, 0.25) is 0 Å². The fraction of sp³-hybridized carbons (Fsp3) is 0.353. The zero-order chi connectivity index (χ0) is 19.7. The number of nitrogens with zero attached hydrogens (tertiary/aromatic N) is 5. The summed E-state index contributed by atoms with van der Waals surface area (Å²) < 4.78 is 45.6. The molecule has 1 unspecified atom stereocenters. The van der Waals surface area contributed by atoms with Crippen LogP contribution >= 0.6 is 0 Å². The molecule has 0 aliphatic carbocycles. The molecule has 146 valence electrons. The minimum atomic E-state index is -4.27. The lowest BCUT2D eigenvalue weighted by atomic mass is 9.99. The minimum Gasteiger partial charge on any atom is -0.355 e. The zero-order valence-corrected chi connectivity index (χ0v) is 14.5. The van der Waals surface area contributed by atoms with Crippen molar-refractivity contribution in [3.8, 4) is 11.3 Å². The van der Waals surface area contributed by atoms with Crippen LogP contribution in [-0.4, -0.2) is 37.0 Å². The van der Waals surface area contributed by atoms with E-state index in [9.17, 15) is 18.0 Å². The molecule has 0 bridgehead atoms.